The van der Waals surface area contributed by atoms with Crippen molar-refractivity contribution >= 4 is 11.9 Å². The summed E-state index contributed by atoms with van der Waals surface area (Å²) in [5, 5.41) is 10.5. The quantitative estimate of drug-likeness (QED) is 0.641. The van der Waals surface area contributed by atoms with E-state index in [2.05, 4.69) is 43.0 Å². The van der Waals surface area contributed by atoms with Crippen molar-refractivity contribution in [1.29, 1.82) is 0 Å². The van der Waals surface area contributed by atoms with Crippen LogP contribution in [0.1, 0.15) is 43.9 Å². The summed E-state index contributed by atoms with van der Waals surface area (Å²) in [6, 6.07) is 14.5. The highest BCUT2D eigenvalue weighted by Gasteiger charge is 2.27. The van der Waals surface area contributed by atoms with Crippen LogP contribution in [0.2, 0.25) is 0 Å². The van der Waals surface area contributed by atoms with E-state index in [1.165, 1.54) is 31.5 Å². The van der Waals surface area contributed by atoms with E-state index in [0.29, 0.717) is 12.6 Å². The standard InChI is InChI=1S/C24H33N3O2/c1-4-26(5-2)21-12-11-20(24(28)16-21)17-25-18-23(27-13-6-7-14-27)19-9-8-10-22(15-19)29-3/h8-12,15-17,23,28H,4-7,13-14,18H2,1-3H3/p+1/t23-/m0/s1. The fraction of sp³-hybridized carbons (Fsp3) is 0.458. The van der Waals surface area contributed by atoms with E-state index in [4.69, 9.17) is 9.73 Å². The minimum atomic E-state index is 0.282. The second-order valence-electron chi connectivity index (χ2n) is 7.60. The Morgan fingerprint density at radius 3 is 2.55 bits per heavy atom. The molecule has 2 N–H and O–H groups in total. The first-order valence-corrected chi connectivity index (χ1v) is 10.7. The Morgan fingerprint density at radius 2 is 1.90 bits per heavy atom. The predicted octanol–water partition coefficient (Wildman–Crippen LogP) is 3.09. The molecular formula is C24H34N3O2+. The Hall–Kier alpha value is -2.53. The third-order valence-electron chi connectivity index (χ3n) is 5.90. The minimum absolute atomic E-state index is 0.282. The Bertz CT molecular complexity index is 812. The van der Waals surface area contributed by atoms with Gasteiger partial charge < -0.3 is 19.6 Å². The summed E-state index contributed by atoms with van der Waals surface area (Å²) in [5.41, 5.74) is 3.07. The molecule has 0 radical (unpaired) electrons. The first-order chi connectivity index (χ1) is 14.2. The van der Waals surface area contributed by atoms with Gasteiger partial charge in [0, 0.05) is 55.0 Å². The number of nitrogens with one attached hydrogen (secondary N) is 1. The number of nitrogens with zero attached hydrogens (tertiary/aromatic N) is 2. The van der Waals surface area contributed by atoms with E-state index in [1.54, 1.807) is 12.0 Å². The summed E-state index contributed by atoms with van der Waals surface area (Å²) in [4.78, 5) is 8.53. The van der Waals surface area contributed by atoms with Gasteiger partial charge >= 0.3 is 0 Å². The van der Waals surface area contributed by atoms with E-state index >= 15 is 0 Å². The molecule has 0 saturated carbocycles. The number of phenolic OH excluding ortho intramolecular Hbond substituents is 1. The molecule has 1 heterocycles. The number of quaternary nitrogens is 1. The molecule has 1 aliphatic rings. The fourth-order valence-electron chi connectivity index (χ4n) is 4.19. The second-order valence-corrected chi connectivity index (χ2v) is 7.60. The van der Waals surface area contributed by atoms with Crippen LogP contribution in [0.25, 0.3) is 0 Å². The lowest BCUT2D eigenvalue weighted by atomic mass is 10.1. The molecule has 29 heavy (non-hydrogen) atoms. The monoisotopic (exact) mass is 396 g/mol. The summed E-state index contributed by atoms with van der Waals surface area (Å²) < 4.78 is 5.42. The third-order valence-corrected chi connectivity index (χ3v) is 5.90. The summed E-state index contributed by atoms with van der Waals surface area (Å²) in [7, 11) is 1.71. The van der Waals surface area contributed by atoms with Crippen molar-refractivity contribution in [2.45, 2.75) is 32.7 Å². The zero-order valence-corrected chi connectivity index (χ0v) is 17.9. The summed E-state index contributed by atoms with van der Waals surface area (Å²) in [5.74, 6) is 1.17. The first kappa shape index (κ1) is 21.2. The van der Waals surface area contributed by atoms with Crippen LogP contribution >= 0.6 is 0 Å². The van der Waals surface area contributed by atoms with Crippen molar-refractivity contribution in [3.63, 3.8) is 0 Å². The number of ether oxygens (including phenoxy) is 1. The van der Waals surface area contributed by atoms with Gasteiger partial charge in [-0.25, -0.2) is 0 Å². The van der Waals surface area contributed by atoms with Crippen LogP contribution in [0.15, 0.2) is 47.5 Å². The number of likely N-dealkylation sites (tertiary alicyclic amines) is 1. The van der Waals surface area contributed by atoms with E-state index in [1.807, 2.05) is 24.4 Å². The molecule has 0 bridgehead atoms. The number of aromatic hydroxyl groups is 1. The lowest BCUT2D eigenvalue weighted by Gasteiger charge is -2.24. The van der Waals surface area contributed by atoms with Crippen molar-refractivity contribution in [3.8, 4) is 11.5 Å². The molecule has 0 aromatic heterocycles. The summed E-state index contributed by atoms with van der Waals surface area (Å²) in [6.07, 6.45) is 4.35. The number of hydrogen-bond donors (Lipinski definition) is 2. The van der Waals surface area contributed by atoms with Gasteiger partial charge in [0.2, 0.25) is 0 Å². The predicted molar refractivity (Wildman–Crippen MR) is 120 cm³/mol. The molecule has 0 amide bonds. The zero-order chi connectivity index (χ0) is 20.6. The Kier molecular flexibility index (Phi) is 7.53. The van der Waals surface area contributed by atoms with E-state index in [-0.39, 0.29) is 5.75 Å². The molecule has 2 aromatic rings. The highest BCUT2D eigenvalue weighted by Crippen LogP contribution is 2.24. The zero-order valence-electron chi connectivity index (χ0n) is 17.9. The van der Waals surface area contributed by atoms with Gasteiger partial charge in [-0.2, -0.15) is 0 Å². The largest absolute Gasteiger partial charge is 0.507 e. The fourth-order valence-corrected chi connectivity index (χ4v) is 4.19. The Balaban J connectivity index is 1.76. The van der Waals surface area contributed by atoms with E-state index in [9.17, 15) is 5.11 Å². The van der Waals surface area contributed by atoms with E-state index in [0.717, 1.165) is 30.1 Å². The Morgan fingerprint density at radius 1 is 1.14 bits per heavy atom. The van der Waals surface area contributed by atoms with E-state index < -0.39 is 0 Å². The lowest BCUT2D eigenvalue weighted by molar-refractivity contribution is -0.918. The molecule has 0 unspecified atom stereocenters. The van der Waals surface area contributed by atoms with Gasteiger partial charge in [-0.05, 0) is 38.1 Å². The van der Waals surface area contributed by atoms with Gasteiger partial charge in [0.15, 0.2) is 0 Å². The molecule has 1 saturated heterocycles. The SMILES string of the molecule is CCN(CC)c1ccc(C=NC[C@@H](c2cccc(OC)c2)[NH+]2CCCC2)c(O)c1. The van der Waals surface area contributed by atoms with Gasteiger partial charge in [-0.15, -0.1) is 0 Å². The van der Waals surface area contributed by atoms with Crippen LogP contribution in [0.4, 0.5) is 5.69 Å². The molecule has 3 rings (SSSR count). The maximum Gasteiger partial charge on any atom is 0.133 e. The summed E-state index contributed by atoms with van der Waals surface area (Å²) >= 11 is 0. The number of methoxy groups -OCH3 is 1. The van der Waals surface area contributed by atoms with Gasteiger partial charge in [-0.3, -0.25) is 4.99 Å². The van der Waals surface area contributed by atoms with Crippen molar-refractivity contribution in [3.05, 3.63) is 53.6 Å². The summed E-state index contributed by atoms with van der Waals surface area (Å²) in [6.45, 7) is 9.14. The smallest absolute Gasteiger partial charge is 0.133 e. The average Bonchev–Trinajstić information content (AvgIpc) is 3.28. The van der Waals surface area contributed by atoms with Gasteiger partial charge in [-0.1, -0.05) is 12.1 Å². The maximum absolute atomic E-state index is 10.5. The average molecular weight is 397 g/mol. The second kappa shape index (κ2) is 10.3. The van der Waals surface area contributed by atoms with Gasteiger partial charge in [0.25, 0.3) is 0 Å². The lowest BCUT2D eigenvalue weighted by Crippen LogP contribution is -3.10. The number of hydrogen-bond acceptors (Lipinski definition) is 4. The normalized spacial score (nSPS) is 15.7. The van der Waals surface area contributed by atoms with Gasteiger partial charge in [0.05, 0.1) is 26.7 Å². The number of phenols is 1. The van der Waals surface area contributed by atoms with Crippen molar-refractivity contribution in [2.75, 3.05) is 44.7 Å². The molecule has 5 heteroatoms. The van der Waals surface area contributed by atoms with Gasteiger partial charge in [0.1, 0.15) is 17.5 Å². The molecule has 2 aromatic carbocycles. The van der Waals surface area contributed by atoms with Crippen LogP contribution in [-0.4, -0.2) is 51.2 Å². The molecule has 0 spiro atoms. The number of aliphatic imine (C=N–C) groups is 1. The van der Waals surface area contributed by atoms with Crippen LogP contribution < -0.4 is 14.5 Å². The third kappa shape index (κ3) is 5.30. The molecule has 1 atom stereocenters. The van der Waals surface area contributed by atoms with Crippen LogP contribution in [0.3, 0.4) is 0 Å². The number of rotatable bonds is 9. The first-order valence-electron chi connectivity index (χ1n) is 10.7. The topological polar surface area (TPSA) is 49.5 Å². The minimum Gasteiger partial charge on any atom is -0.507 e. The van der Waals surface area contributed by atoms with Crippen LogP contribution in [0.5, 0.6) is 11.5 Å². The molecule has 5 nitrogen and oxygen atoms in total. The highest BCUT2D eigenvalue weighted by molar-refractivity contribution is 5.84. The molecule has 1 aliphatic heterocycles. The van der Waals surface area contributed by atoms with Crippen LogP contribution in [-0.2, 0) is 0 Å². The van der Waals surface area contributed by atoms with Crippen molar-refractivity contribution in [2.24, 2.45) is 4.99 Å². The molecule has 0 aliphatic carbocycles. The highest BCUT2D eigenvalue weighted by atomic mass is 16.5. The van der Waals surface area contributed by atoms with Crippen LogP contribution in [0, 0.1) is 0 Å². The Labute approximate surface area is 174 Å². The molecule has 1 fully saturated rings. The number of benzene rings is 2. The maximum atomic E-state index is 10.5. The number of anilines is 1. The molecule has 156 valence electrons. The molecular weight excluding hydrogens is 362 g/mol. The van der Waals surface area contributed by atoms with Crippen molar-refractivity contribution in [1.82, 2.24) is 0 Å². The van der Waals surface area contributed by atoms with Crippen molar-refractivity contribution < 1.29 is 14.7 Å².